The van der Waals surface area contributed by atoms with Gasteiger partial charge in [0.1, 0.15) is 0 Å². The van der Waals surface area contributed by atoms with E-state index >= 15 is 0 Å². The van der Waals surface area contributed by atoms with Crippen molar-refractivity contribution in [3.8, 4) is 0 Å². The number of hydrogen-bond acceptors (Lipinski definition) is 5. The summed E-state index contributed by atoms with van der Waals surface area (Å²) in [4.78, 5) is 13.3. The van der Waals surface area contributed by atoms with E-state index in [0.717, 1.165) is 4.89 Å². The maximum atomic E-state index is 13.0. The summed E-state index contributed by atoms with van der Waals surface area (Å²) in [7, 11) is -4.60. The van der Waals surface area contributed by atoms with Gasteiger partial charge in [-0.25, -0.2) is 8.42 Å². The summed E-state index contributed by atoms with van der Waals surface area (Å²) in [5.74, 6) is -1.29. The van der Waals surface area contributed by atoms with Crippen molar-refractivity contribution in [1.29, 1.82) is 0 Å². The Morgan fingerprint density at radius 1 is 1.35 bits per heavy atom. The average Bonchev–Trinajstić information content (AvgIpc) is 2.26. The van der Waals surface area contributed by atoms with Gasteiger partial charge in [-0.2, -0.15) is 17.6 Å². The summed E-state index contributed by atoms with van der Waals surface area (Å²) >= 11 is 0. The molecule has 7 nitrogen and oxygen atoms in total. The van der Waals surface area contributed by atoms with Crippen molar-refractivity contribution in [2.24, 2.45) is 0 Å². The van der Waals surface area contributed by atoms with Crippen LogP contribution in [0.2, 0.25) is 0 Å². The summed E-state index contributed by atoms with van der Waals surface area (Å²) in [5, 5.41) is 10.4. The minimum atomic E-state index is -4.77. The Hall–Kier alpha value is -1.79. The van der Waals surface area contributed by atoms with Gasteiger partial charge in [0.2, 0.25) is 5.82 Å². The Morgan fingerprint density at radius 2 is 1.95 bits per heavy atom. The van der Waals surface area contributed by atoms with E-state index < -0.39 is 44.1 Å². The molecule has 0 fully saturated rings. The molecule has 0 saturated carbocycles. The van der Waals surface area contributed by atoms with E-state index in [-0.39, 0.29) is 0 Å². The van der Waals surface area contributed by atoms with E-state index in [1.807, 2.05) is 0 Å². The molecule has 112 valence electrons. The zero-order valence-corrected chi connectivity index (χ0v) is 10.2. The molecular weight excluding hydrogens is 312 g/mol. The smallest absolute Gasteiger partial charge is 0.277 e. The van der Waals surface area contributed by atoms with Crippen molar-refractivity contribution in [3.05, 3.63) is 34.1 Å². The molecule has 12 heteroatoms. The fraction of sp³-hybridized carbons (Fsp3) is 0.250. The van der Waals surface area contributed by atoms with Crippen LogP contribution in [0.1, 0.15) is 0 Å². The molecule has 0 radical (unpaired) electrons. The molecule has 0 amide bonds. The Balaban J connectivity index is 2.93. The third kappa shape index (κ3) is 4.40. The lowest BCUT2D eigenvalue weighted by Gasteiger charge is -2.09. The van der Waals surface area contributed by atoms with E-state index in [1.165, 1.54) is 0 Å². The summed E-state index contributed by atoms with van der Waals surface area (Å²) in [5.41, 5.74) is -1.14. The van der Waals surface area contributed by atoms with Gasteiger partial charge in [-0.3, -0.25) is 15.0 Å². The third-order valence-electron chi connectivity index (χ3n) is 1.83. The zero-order chi connectivity index (χ0) is 15.6. The van der Waals surface area contributed by atoms with Crippen molar-refractivity contribution in [2.75, 3.05) is 6.61 Å². The second-order valence-electron chi connectivity index (χ2n) is 3.36. The number of alkyl halides is 3. The fourth-order valence-corrected chi connectivity index (χ4v) is 1.86. The van der Waals surface area contributed by atoms with Gasteiger partial charge in [0.25, 0.3) is 10.0 Å². The Kier molecular flexibility index (Phi) is 4.62. The van der Waals surface area contributed by atoms with Crippen LogP contribution in [-0.4, -0.2) is 26.1 Å². The quantitative estimate of drug-likeness (QED) is 0.504. The first kappa shape index (κ1) is 16.3. The van der Waals surface area contributed by atoms with Crippen LogP contribution in [0.4, 0.5) is 23.2 Å². The van der Waals surface area contributed by atoms with E-state index in [4.69, 9.17) is 0 Å². The molecule has 0 aliphatic rings. The Morgan fingerprint density at radius 3 is 2.45 bits per heavy atom. The molecule has 0 aliphatic heterocycles. The van der Waals surface area contributed by atoms with Crippen LogP contribution >= 0.6 is 0 Å². The highest BCUT2D eigenvalue weighted by atomic mass is 32.2. The molecule has 0 atom stereocenters. The van der Waals surface area contributed by atoms with Crippen LogP contribution in [-0.2, 0) is 14.9 Å². The molecule has 0 bridgehead atoms. The third-order valence-corrected chi connectivity index (χ3v) is 3.04. The van der Waals surface area contributed by atoms with Gasteiger partial charge >= 0.3 is 11.9 Å². The average molecular weight is 318 g/mol. The molecule has 20 heavy (non-hydrogen) atoms. The monoisotopic (exact) mass is 318 g/mol. The molecule has 1 aromatic rings. The number of nitro benzene ring substituents is 1. The van der Waals surface area contributed by atoms with Crippen molar-refractivity contribution in [2.45, 2.75) is 11.1 Å². The number of nitrogens with zero attached hydrogens (tertiary/aromatic N) is 1. The molecule has 0 heterocycles. The van der Waals surface area contributed by atoms with Crippen molar-refractivity contribution >= 4 is 15.7 Å². The number of nitro groups is 1. The van der Waals surface area contributed by atoms with Crippen molar-refractivity contribution in [3.63, 3.8) is 0 Å². The van der Waals surface area contributed by atoms with Crippen LogP contribution in [0.3, 0.4) is 0 Å². The number of sulfonamides is 1. The molecule has 1 aromatic carbocycles. The SMILES string of the molecule is O=[N+]([O-])c1cc(S(=O)(=O)NOCC(F)(F)F)ccc1F. The number of benzene rings is 1. The first-order valence-electron chi connectivity index (χ1n) is 4.67. The number of rotatable bonds is 5. The first-order chi connectivity index (χ1) is 9.03. The summed E-state index contributed by atoms with van der Waals surface area (Å²) in [6.07, 6.45) is -4.77. The zero-order valence-electron chi connectivity index (χ0n) is 9.35. The molecule has 0 saturated heterocycles. The largest absolute Gasteiger partial charge is 0.413 e. The minimum Gasteiger partial charge on any atom is -0.277 e. The molecule has 1 rings (SSSR count). The van der Waals surface area contributed by atoms with E-state index in [9.17, 15) is 36.1 Å². The second-order valence-corrected chi connectivity index (χ2v) is 5.01. The predicted octanol–water partition coefficient (Wildman–Crippen LogP) is 1.51. The molecule has 0 spiro atoms. The van der Waals surface area contributed by atoms with Crippen LogP contribution < -0.4 is 4.89 Å². The first-order valence-corrected chi connectivity index (χ1v) is 6.15. The Bertz CT molecular complexity index is 616. The number of halogens is 4. The topological polar surface area (TPSA) is 98.5 Å². The second kappa shape index (κ2) is 5.68. The lowest BCUT2D eigenvalue weighted by molar-refractivity contribution is -0.387. The fourth-order valence-electron chi connectivity index (χ4n) is 1.04. The maximum Gasteiger partial charge on any atom is 0.413 e. The van der Waals surface area contributed by atoms with Crippen LogP contribution in [0.15, 0.2) is 23.1 Å². The Labute approximate surface area is 109 Å². The van der Waals surface area contributed by atoms with E-state index in [0.29, 0.717) is 18.2 Å². The lowest BCUT2D eigenvalue weighted by Crippen LogP contribution is -2.29. The van der Waals surface area contributed by atoms with Gasteiger partial charge < -0.3 is 0 Å². The predicted molar refractivity (Wildman–Crippen MR) is 55.4 cm³/mol. The lowest BCUT2D eigenvalue weighted by atomic mass is 10.3. The minimum absolute atomic E-state index is 0.356. The molecule has 0 unspecified atom stereocenters. The number of hydrogen-bond donors (Lipinski definition) is 1. The maximum absolute atomic E-state index is 13.0. The van der Waals surface area contributed by atoms with Crippen molar-refractivity contribution < 1.29 is 35.7 Å². The van der Waals surface area contributed by atoms with Crippen molar-refractivity contribution in [1.82, 2.24) is 4.89 Å². The van der Waals surface area contributed by atoms with Gasteiger partial charge in [0.05, 0.1) is 9.82 Å². The summed E-state index contributed by atoms with van der Waals surface area (Å²) in [6, 6.07) is 1.49. The van der Waals surface area contributed by atoms with Crippen LogP contribution in [0, 0.1) is 15.9 Å². The van der Waals surface area contributed by atoms with Gasteiger partial charge in [-0.15, -0.1) is 0 Å². The van der Waals surface area contributed by atoms with Crippen LogP contribution in [0.5, 0.6) is 0 Å². The summed E-state index contributed by atoms with van der Waals surface area (Å²) in [6.45, 7) is -1.89. The standard InChI is InChI=1S/C8H6F4N2O5S/c9-6-2-1-5(3-7(6)14(15)16)20(17,18)13-19-4-8(10,11)12/h1-3,13H,4H2. The highest BCUT2D eigenvalue weighted by molar-refractivity contribution is 7.89. The van der Waals surface area contributed by atoms with E-state index in [2.05, 4.69) is 4.84 Å². The number of nitrogens with one attached hydrogen (secondary N) is 1. The highest BCUT2D eigenvalue weighted by Crippen LogP contribution is 2.21. The molecule has 1 N–H and O–H groups in total. The van der Waals surface area contributed by atoms with E-state index in [1.54, 1.807) is 0 Å². The van der Waals surface area contributed by atoms with Gasteiger partial charge in [0.15, 0.2) is 6.61 Å². The molecule has 0 aromatic heterocycles. The highest BCUT2D eigenvalue weighted by Gasteiger charge is 2.29. The van der Waals surface area contributed by atoms with Gasteiger partial charge in [-0.1, -0.05) is 4.89 Å². The van der Waals surface area contributed by atoms with Crippen LogP contribution in [0.25, 0.3) is 0 Å². The molecule has 0 aliphatic carbocycles. The van der Waals surface area contributed by atoms with Gasteiger partial charge in [-0.05, 0) is 12.1 Å². The molecular formula is C8H6F4N2O5S. The summed E-state index contributed by atoms with van der Waals surface area (Å²) < 4.78 is 71.2. The van der Waals surface area contributed by atoms with Gasteiger partial charge in [0, 0.05) is 6.07 Å². The normalized spacial score (nSPS) is 12.4.